The van der Waals surface area contributed by atoms with Crippen molar-refractivity contribution in [3.05, 3.63) is 41.0 Å². The summed E-state index contributed by atoms with van der Waals surface area (Å²) < 4.78 is 4.86. The molecule has 1 unspecified atom stereocenters. The number of hydrogen-bond donors (Lipinski definition) is 2. The highest BCUT2D eigenvalue weighted by molar-refractivity contribution is 5.97. The molecule has 0 aromatic heterocycles. The SMILES string of the molecule is C=C(C)[C@H]1CCC(C)C=C1c1c(O)cc(CCC)c(C(=O)OC)c1O. The van der Waals surface area contributed by atoms with Crippen molar-refractivity contribution in [3.8, 4) is 11.5 Å². The number of aryl methyl sites for hydroxylation is 1. The van der Waals surface area contributed by atoms with Gasteiger partial charge in [-0.05, 0) is 49.3 Å². The Morgan fingerprint density at radius 1 is 1.36 bits per heavy atom. The normalized spacial score (nSPS) is 20.1. The van der Waals surface area contributed by atoms with E-state index in [0.29, 0.717) is 23.5 Å². The van der Waals surface area contributed by atoms with Gasteiger partial charge >= 0.3 is 5.97 Å². The summed E-state index contributed by atoms with van der Waals surface area (Å²) in [4.78, 5) is 12.3. The number of esters is 1. The minimum absolute atomic E-state index is 0.000188. The van der Waals surface area contributed by atoms with Gasteiger partial charge in [-0.1, -0.05) is 38.5 Å². The van der Waals surface area contributed by atoms with Crippen LogP contribution in [0.1, 0.15) is 61.5 Å². The monoisotopic (exact) mass is 344 g/mol. The van der Waals surface area contributed by atoms with E-state index < -0.39 is 5.97 Å². The number of carbonyl (C=O) groups is 1. The third kappa shape index (κ3) is 3.73. The fourth-order valence-corrected chi connectivity index (χ4v) is 3.65. The Balaban J connectivity index is 2.72. The highest BCUT2D eigenvalue weighted by atomic mass is 16.5. The van der Waals surface area contributed by atoms with Crippen LogP contribution in [-0.2, 0) is 11.2 Å². The molecular weight excluding hydrogens is 316 g/mol. The molecule has 0 saturated carbocycles. The minimum atomic E-state index is -0.585. The van der Waals surface area contributed by atoms with Gasteiger partial charge < -0.3 is 14.9 Å². The van der Waals surface area contributed by atoms with E-state index in [1.807, 2.05) is 13.8 Å². The van der Waals surface area contributed by atoms with Gasteiger partial charge in [0.05, 0.1) is 12.7 Å². The first kappa shape index (κ1) is 19.1. The second kappa shape index (κ2) is 7.77. The lowest BCUT2D eigenvalue weighted by atomic mass is 9.76. The van der Waals surface area contributed by atoms with E-state index in [9.17, 15) is 15.0 Å². The number of phenolic OH excluding ortho intramolecular Hbond substituents is 2. The topological polar surface area (TPSA) is 66.8 Å². The molecule has 0 radical (unpaired) electrons. The molecule has 0 bridgehead atoms. The van der Waals surface area contributed by atoms with Crippen molar-refractivity contribution in [1.29, 1.82) is 0 Å². The number of benzene rings is 1. The highest BCUT2D eigenvalue weighted by Gasteiger charge is 2.30. The molecule has 2 N–H and O–H groups in total. The zero-order valence-corrected chi connectivity index (χ0v) is 15.6. The molecule has 25 heavy (non-hydrogen) atoms. The summed E-state index contributed by atoms with van der Waals surface area (Å²) in [5, 5.41) is 21.5. The Kier molecular flexibility index (Phi) is 5.93. The number of carbonyl (C=O) groups excluding carboxylic acids is 1. The Bertz CT molecular complexity index is 715. The number of aromatic hydroxyl groups is 2. The van der Waals surface area contributed by atoms with Crippen LogP contribution in [0.5, 0.6) is 11.5 Å². The van der Waals surface area contributed by atoms with Crippen LogP contribution in [0.4, 0.5) is 0 Å². The molecule has 2 rings (SSSR count). The van der Waals surface area contributed by atoms with Gasteiger partial charge in [-0.25, -0.2) is 4.79 Å². The summed E-state index contributed by atoms with van der Waals surface area (Å²) in [5.74, 6) is -0.391. The van der Waals surface area contributed by atoms with Crippen molar-refractivity contribution in [2.75, 3.05) is 7.11 Å². The van der Waals surface area contributed by atoms with E-state index in [2.05, 4.69) is 19.6 Å². The van der Waals surface area contributed by atoms with Crippen LogP contribution in [0.15, 0.2) is 24.3 Å². The maximum absolute atomic E-state index is 12.3. The molecule has 0 spiro atoms. The third-order valence-electron chi connectivity index (χ3n) is 4.90. The number of allylic oxidation sites excluding steroid dienone is 3. The predicted octanol–water partition coefficient (Wildman–Crippen LogP) is 4.84. The van der Waals surface area contributed by atoms with E-state index in [-0.39, 0.29) is 23.0 Å². The van der Waals surface area contributed by atoms with Crippen LogP contribution in [0.25, 0.3) is 5.57 Å². The molecule has 0 aliphatic heterocycles. The van der Waals surface area contributed by atoms with Gasteiger partial charge in [0.1, 0.15) is 17.1 Å². The lowest BCUT2D eigenvalue weighted by Crippen LogP contribution is -2.15. The van der Waals surface area contributed by atoms with Gasteiger partial charge in [0, 0.05) is 5.92 Å². The molecule has 0 saturated heterocycles. The molecule has 136 valence electrons. The summed E-state index contributed by atoms with van der Waals surface area (Å²) in [6, 6.07) is 1.58. The predicted molar refractivity (Wildman–Crippen MR) is 99.8 cm³/mol. The molecule has 2 atom stereocenters. The van der Waals surface area contributed by atoms with E-state index in [0.717, 1.165) is 30.4 Å². The summed E-state index contributed by atoms with van der Waals surface area (Å²) in [6.45, 7) is 10.1. The molecule has 1 aliphatic carbocycles. The number of methoxy groups -OCH3 is 1. The molecule has 0 heterocycles. The van der Waals surface area contributed by atoms with Crippen LogP contribution in [0.2, 0.25) is 0 Å². The summed E-state index contributed by atoms with van der Waals surface area (Å²) >= 11 is 0. The van der Waals surface area contributed by atoms with Crippen LogP contribution >= 0.6 is 0 Å². The number of ether oxygens (including phenoxy) is 1. The average Bonchev–Trinajstić information content (AvgIpc) is 2.54. The maximum Gasteiger partial charge on any atom is 0.341 e. The zero-order chi connectivity index (χ0) is 18.7. The van der Waals surface area contributed by atoms with Gasteiger partial charge in [-0.15, -0.1) is 0 Å². The summed E-state index contributed by atoms with van der Waals surface area (Å²) in [5.41, 5.74) is 2.91. The minimum Gasteiger partial charge on any atom is -0.507 e. The highest BCUT2D eigenvalue weighted by Crippen LogP contribution is 2.47. The van der Waals surface area contributed by atoms with Gasteiger partial charge in [0.15, 0.2) is 0 Å². The second-order valence-corrected chi connectivity index (χ2v) is 6.97. The Labute approximate surface area is 149 Å². The standard InChI is InChI=1S/C21H28O4/c1-6-7-14-11-17(22)19(20(23)18(14)21(24)25-5)16-10-13(4)8-9-15(16)12(2)3/h10-11,13,15,22-23H,2,6-9H2,1,3-5H3/t13?,15-/m1/s1. The maximum atomic E-state index is 12.3. The number of rotatable bonds is 5. The van der Waals surface area contributed by atoms with E-state index in [4.69, 9.17) is 4.74 Å². The largest absolute Gasteiger partial charge is 0.507 e. The number of hydrogen-bond acceptors (Lipinski definition) is 4. The van der Waals surface area contributed by atoms with Gasteiger partial charge in [-0.2, -0.15) is 0 Å². The fraction of sp³-hybridized carbons (Fsp3) is 0.476. The smallest absolute Gasteiger partial charge is 0.341 e. The fourth-order valence-electron chi connectivity index (χ4n) is 3.65. The Morgan fingerprint density at radius 2 is 2.04 bits per heavy atom. The second-order valence-electron chi connectivity index (χ2n) is 6.97. The van der Waals surface area contributed by atoms with Crippen molar-refractivity contribution >= 4 is 11.5 Å². The lowest BCUT2D eigenvalue weighted by Gasteiger charge is -2.29. The van der Waals surface area contributed by atoms with Gasteiger partial charge in [0.2, 0.25) is 0 Å². The molecule has 4 heteroatoms. The molecule has 0 amide bonds. The molecule has 4 nitrogen and oxygen atoms in total. The average molecular weight is 344 g/mol. The van der Waals surface area contributed by atoms with E-state index >= 15 is 0 Å². The first-order valence-electron chi connectivity index (χ1n) is 8.85. The van der Waals surface area contributed by atoms with Crippen LogP contribution in [0, 0.1) is 11.8 Å². The van der Waals surface area contributed by atoms with Gasteiger partial charge in [-0.3, -0.25) is 0 Å². The molecule has 1 aliphatic rings. The van der Waals surface area contributed by atoms with Crippen molar-refractivity contribution in [2.24, 2.45) is 11.8 Å². The van der Waals surface area contributed by atoms with E-state index in [1.54, 1.807) is 6.07 Å². The first-order chi connectivity index (χ1) is 11.8. The molecule has 0 fully saturated rings. The molecule has 1 aromatic carbocycles. The summed E-state index contributed by atoms with van der Waals surface area (Å²) in [7, 11) is 1.29. The Morgan fingerprint density at radius 3 is 2.60 bits per heavy atom. The quantitative estimate of drug-likeness (QED) is 0.592. The first-order valence-corrected chi connectivity index (χ1v) is 8.85. The third-order valence-corrected chi connectivity index (χ3v) is 4.90. The van der Waals surface area contributed by atoms with Crippen molar-refractivity contribution in [2.45, 2.75) is 46.5 Å². The molecular formula is C21H28O4. The van der Waals surface area contributed by atoms with Crippen molar-refractivity contribution < 1.29 is 19.7 Å². The Hall–Kier alpha value is -2.23. The number of phenols is 2. The molecule has 1 aromatic rings. The van der Waals surface area contributed by atoms with E-state index in [1.165, 1.54) is 7.11 Å². The lowest BCUT2D eigenvalue weighted by molar-refractivity contribution is 0.0596. The zero-order valence-electron chi connectivity index (χ0n) is 15.6. The van der Waals surface area contributed by atoms with Gasteiger partial charge in [0.25, 0.3) is 0 Å². The van der Waals surface area contributed by atoms with Crippen molar-refractivity contribution in [1.82, 2.24) is 0 Å². The van der Waals surface area contributed by atoms with Crippen LogP contribution in [0.3, 0.4) is 0 Å². The van der Waals surface area contributed by atoms with Crippen molar-refractivity contribution in [3.63, 3.8) is 0 Å². The van der Waals surface area contributed by atoms with Crippen LogP contribution < -0.4 is 0 Å². The van der Waals surface area contributed by atoms with Crippen LogP contribution in [-0.4, -0.2) is 23.3 Å². The summed E-state index contributed by atoms with van der Waals surface area (Å²) in [6.07, 6.45) is 5.37.